The molecule has 1 aromatic rings. The number of alkyl halides is 3. The zero-order valence-electron chi connectivity index (χ0n) is 8.71. The van der Waals surface area contributed by atoms with Crippen molar-refractivity contribution in [3.8, 4) is 0 Å². The highest BCUT2D eigenvalue weighted by atomic mass is 35.5. The Morgan fingerprint density at radius 3 is 2.65 bits per heavy atom. The van der Waals surface area contributed by atoms with Gasteiger partial charge in [-0.3, -0.25) is 4.21 Å². The molecule has 0 aliphatic carbocycles. The van der Waals surface area contributed by atoms with Crippen LogP contribution >= 0.6 is 11.6 Å². The van der Waals surface area contributed by atoms with Crippen molar-refractivity contribution in [1.29, 1.82) is 0 Å². The molecule has 0 radical (unpaired) electrons. The van der Waals surface area contributed by atoms with Crippen LogP contribution in [0.3, 0.4) is 0 Å². The number of rotatable bonds is 4. The number of hydrogen-bond acceptors (Lipinski definition) is 4. The van der Waals surface area contributed by atoms with Gasteiger partial charge in [0.2, 0.25) is 5.28 Å². The first-order valence-corrected chi connectivity index (χ1v) is 6.55. The average Bonchev–Trinajstić information content (AvgIpc) is 2.14. The third kappa shape index (κ3) is 4.86. The van der Waals surface area contributed by atoms with Gasteiger partial charge in [-0.05, 0) is 11.6 Å². The van der Waals surface area contributed by atoms with E-state index in [0.717, 1.165) is 6.07 Å². The lowest BCUT2D eigenvalue weighted by Gasteiger charge is -2.09. The molecular formula is C8H9ClF3N3OS. The molecule has 0 saturated carbocycles. The lowest BCUT2D eigenvalue weighted by molar-refractivity contribution is -0.141. The molecule has 1 N–H and O–H groups in total. The fourth-order valence-electron chi connectivity index (χ4n) is 0.976. The van der Waals surface area contributed by atoms with Gasteiger partial charge in [0.05, 0.1) is 0 Å². The van der Waals surface area contributed by atoms with E-state index in [1.54, 1.807) is 0 Å². The Kier molecular flexibility index (Phi) is 4.70. The number of nitrogens with one attached hydrogen (secondary N) is 1. The van der Waals surface area contributed by atoms with Crippen LogP contribution in [0.5, 0.6) is 0 Å². The Bertz CT molecular complexity index is 427. The molecule has 1 heterocycles. The highest BCUT2D eigenvalue weighted by molar-refractivity contribution is 7.84. The topological polar surface area (TPSA) is 54.9 Å². The molecule has 0 aliphatic heterocycles. The second-order valence-electron chi connectivity index (χ2n) is 3.11. The Morgan fingerprint density at radius 1 is 1.47 bits per heavy atom. The Labute approximate surface area is 103 Å². The predicted octanol–water partition coefficient (Wildman–Crippen LogP) is 1.94. The molecule has 0 aromatic carbocycles. The van der Waals surface area contributed by atoms with Crippen LogP contribution in [-0.4, -0.2) is 32.7 Å². The zero-order chi connectivity index (χ0) is 13.1. The molecule has 1 atom stereocenters. The Balaban J connectivity index is 2.79. The van der Waals surface area contributed by atoms with E-state index in [4.69, 9.17) is 11.6 Å². The fourth-order valence-corrected chi connectivity index (χ4v) is 1.55. The van der Waals surface area contributed by atoms with Crippen LogP contribution in [-0.2, 0) is 17.0 Å². The standard InChI is InChI=1S/C8H9ClF3N3OS/c1-17(16)3-2-13-6-4-5(8(10,11)12)14-7(9)15-6/h4H,2-3H2,1H3,(H,13,14,15). The van der Waals surface area contributed by atoms with Crippen molar-refractivity contribution >= 4 is 28.2 Å². The summed E-state index contributed by atoms with van der Waals surface area (Å²) in [6.07, 6.45) is -3.08. The van der Waals surface area contributed by atoms with Gasteiger partial charge in [-0.2, -0.15) is 13.2 Å². The maximum absolute atomic E-state index is 12.4. The number of hydrogen-bond donors (Lipinski definition) is 1. The highest BCUT2D eigenvalue weighted by Gasteiger charge is 2.33. The molecule has 0 bridgehead atoms. The SMILES string of the molecule is CS(=O)CCNc1cc(C(F)(F)F)nc(Cl)n1. The minimum Gasteiger partial charge on any atom is -0.369 e. The maximum Gasteiger partial charge on any atom is 0.433 e. The van der Waals surface area contributed by atoms with Crippen LogP contribution in [0, 0.1) is 0 Å². The van der Waals surface area contributed by atoms with Gasteiger partial charge in [0, 0.05) is 35.4 Å². The van der Waals surface area contributed by atoms with E-state index in [9.17, 15) is 17.4 Å². The van der Waals surface area contributed by atoms with Crippen LogP contribution in [0.1, 0.15) is 5.69 Å². The van der Waals surface area contributed by atoms with E-state index in [1.807, 2.05) is 0 Å². The molecular weight excluding hydrogens is 279 g/mol. The van der Waals surface area contributed by atoms with E-state index in [0.29, 0.717) is 5.75 Å². The summed E-state index contributed by atoms with van der Waals surface area (Å²) >= 11 is 5.38. The normalized spacial score (nSPS) is 13.5. The van der Waals surface area contributed by atoms with E-state index in [1.165, 1.54) is 6.26 Å². The minimum absolute atomic E-state index is 0.0391. The number of nitrogens with zero attached hydrogens (tertiary/aromatic N) is 2. The van der Waals surface area contributed by atoms with Crippen molar-refractivity contribution in [3.05, 3.63) is 17.0 Å². The summed E-state index contributed by atoms with van der Waals surface area (Å²) in [4.78, 5) is 6.67. The third-order valence-corrected chi connectivity index (χ3v) is 2.63. The van der Waals surface area contributed by atoms with Gasteiger partial charge in [-0.1, -0.05) is 0 Å². The van der Waals surface area contributed by atoms with E-state index in [-0.39, 0.29) is 12.4 Å². The molecule has 17 heavy (non-hydrogen) atoms. The third-order valence-electron chi connectivity index (χ3n) is 1.68. The van der Waals surface area contributed by atoms with Gasteiger partial charge in [0.25, 0.3) is 0 Å². The van der Waals surface area contributed by atoms with Crippen molar-refractivity contribution < 1.29 is 17.4 Å². The molecule has 1 unspecified atom stereocenters. The van der Waals surface area contributed by atoms with Crippen molar-refractivity contribution in [2.24, 2.45) is 0 Å². The van der Waals surface area contributed by atoms with Gasteiger partial charge >= 0.3 is 6.18 Å². The second kappa shape index (κ2) is 5.63. The summed E-state index contributed by atoms with van der Waals surface area (Å²) in [5.74, 6) is 0.269. The van der Waals surface area contributed by atoms with Gasteiger partial charge in [-0.25, -0.2) is 9.97 Å². The summed E-state index contributed by atoms with van der Waals surface area (Å²) < 4.78 is 47.9. The summed E-state index contributed by atoms with van der Waals surface area (Å²) in [6.45, 7) is 0.244. The van der Waals surface area contributed by atoms with Crippen molar-refractivity contribution in [1.82, 2.24) is 9.97 Å². The lowest BCUT2D eigenvalue weighted by Crippen LogP contribution is -2.14. The van der Waals surface area contributed by atoms with E-state index in [2.05, 4.69) is 15.3 Å². The van der Waals surface area contributed by atoms with Gasteiger partial charge < -0.3 is 5.32 Å². The highest BCUT2D eigenvalue weighted by Crippen LogP contribution is 2.29. The Morgan fingerprint density at radius 2 is 2.12 bits per heavy atom. The zero-order valence-corrected chi connectivity index (χ0v) is 10.3. The predicted molar refractivity (Wildman–Crippen MR) is 59.5 cm³/mol. The van der Waals surface area contributed by atoms with Crippen molar-refractivity contribution in [2.75, 3.05) is 23.9 Å². The summed E-state index contributed by atoms with van der Waals surface area (Å²) in [7, 11) is -1.03. The molecule has 0 aliphatic rings. The molecule has 96 valence electrons. The molecule has 0 amide bonds. The second-order valence-corrected chi connectivity index (χ2v) is 5.00. The molecule has 1 aromatic heterocycles. The first kappa shape index (κ1) is 14.2. The van der Waals surface area contributed by atoms with Gasteiger partial charge in [0.1, 0.15) is 5.82 Å². The molecule has 0 saturated heterocycles. The van der Waals surface area contributed by atoms with Crippen LogP contribution in [0.25, 0.3) is 0 Å². The lowest BCUT2D eigenvalue weighted by atomic mass is 10.4. The smallest absolute Gasteiger partial charge is 0.369 e. The van der Waals surface area contributed by atoms with Crippen LogP contribution in [0.15, 0.2) is 6.07 Å². The van der Waals surface area contributed by atoms with Gasteiger partial charge in [-0.15, -0.1) is 0 Å². The fraction of sp³-hybridized carbons (Fsp3) is 0.500. The van der Waals surface area contributed by atoms with Crippen molar-refractivity contribution in [2.45, 2.75) is 6.18 Å². The van der Waals surface area contributed by atoms with Gasteiger partial charge in [0.15, 0.2) is 5.69 Å². The van der Waals surface area contributed by atoms with Crippen LogP contribution < -0.4 is 5.32 Å². The van der Waals surface area contributed by atoms with Crippen LogP contribution in [0.2, 0.25) is 5.28 Å². The molecule has 9 heteroatoms. The maximum atomic E-state index is 12.4. The average molecular weight is 288 g/mol. The summed E-state index contributed by atoms with van der Waals surface area (Å²) in [5, 5.41) is 2.11. The molecule has 0 spiro atoms. The monoisotopic (exact) mass is 287 g/mol. The largest absolute Gasteiger partial charge is 0.433 e. The Hall–Kier alpha value is -0.890. The van der Waals surface area contributed by atoms with Crippen LogP contribution in [0.4, 0.5) is 19.0 Å². The number of anilines is 1. The minimum atomic E-state index is -4.57. The molecule has 4 nitrogen and oxygen atoms in total. The first-order chi connectivity index (χ1) is 7.79. The number of aromatic nitrogens is 2. The van der Waals surface area contributed by atoms with Crippen molar-refractivity contribution in [3.63, 3.8) is 0 Å². The van der Waals surface area contributed by atoms with E-state index >= 15 is 0 Å². The van der Waals surface area contributed by atoms with E-state index < -0.39 is 28.0 Å². The first-order valence-electron chi connectivity index (χ1n) is 4.44. The quantitative estimate of drug-likeness (QED) is 0.860. The summed E-state index contributed by atoms with van der Waals surface area (Å²) in [6, 6.07) is 0.754. The molecule has 0 fully saturated rings. The molecule has 1 rings (SSSR count). The number of halogens is 4. The summed E-state index contributed by atoms with van der Waals surface area (Å²) in [5.41, 5.74) is -1.11.